The van der Waals surface area contributed by atoms with Gasteiger partial charge in [-0.1, -0.05) is 12.1 Å². The van der Waals surface area contributed by atoms with Gasteiger partial charge in [0.25, 0.3) is 0 Å². The third kappa shape index (κ3) is 5.05. The number of aliphatic carboxylic acids is 1. The second-order valence-electron chi connectivity index (χ2n) is 6.00. The van der Waals surface area contributed by atoms with Gasteiger partial charge < -0.3 is 14.7 Å². The summed E-state index contributed by atoms with van der Waals surface area (Å²) in [7, 11) is 2.16. The van der Waals surface area contributed by atoms with Gasteiger partial charge in [-0.15, -0.1) is 0 Å². The molecule has 0 aliphatic carbocycles. The average Bonchev–Trinajstić information content (AvgIpc) is 2.47. The first kappa shape index (κ1) is 15.8. The number of carboxylic acid groups (broad SMARTS) is 1. The molecule has 1 aromatic carbocycles. The van der Waals surface area contributed by atoms with Crippen LogP contribution in [-0.4, -0.2) is 42.2 Å². The lowest BCUT2D eigenvalue weighted by Gasteiger charge is -2.32. The molecule has 0 aromatic heterocycles. The van der Waals surface area contributed by atoms with Crippen LogP contribution in [0, 0.1) is 5.92 Å². The zero-order valence-corrected chi connectivity index (χ0v) is 12.9. The van der Waals surface area contributed by atoms with Crippen molar-refractivity contribution < 1.29 is 14.6 Å². The van der Waals surface area contributed by atoms with Crippen molar-refractivity contribution in [2.45, 2.75) is 38.7 Å². The number of hydrogen-bond acceptors (Lipinski definition) is 3. The van der Waals surface area contributed by atoms with Crippen molar-refractivity contribution in [2.24, 2.45) is 5.92 Å². The van der Waals surface area contributed by atoms with E-state index >= 15 is 0 Å². The summed E-state index contributed by atoms with van der Waals surface area (Å²) in [4.78, 5) is 12.9. The largest absolute Gasteiger partial charge is 0.490 e. The first-order valence-electron chi connectivity index (χ1n) is 7.70. The molecule has 1 aliphatic rings. The molecule has 1 unspecified atom stereocenters. The van der Waals surface area contributed by atoms with Gasteiger partial charge in [-0.2, -0.15) is 0 Å². The maximum absolute atomic E-state index is 10.6. The molecule has 0 amide bonds. The molecule has 1 saturated heterocycles. The zero-order valence-electron chi connectivity index (χ0n) is 12.9. The maximum atomic E-state index is 10.6. The molecule has 0 spiro atoms. The number of piperidine rings is 1. The highest BCUT2D eigenvalue weighted by Crippen LogP contribution is 2.24. The Kier molecular flexibility index (Phi) is 5.62. The molecule has 2 rings (SSSR count). The molecule has 0 saturated carbocycles. The van der Waals surface area contributed by atoms with E-state index in [1.54, 1.807) is 0 Å². The summed E-state index contributed by atoms with van der Waals surface area (Å²) in [6.45, 7) is 4.44. The Balaban J connectivity index is 1.83. The van der Waals surface area contributed by atoms with E-state index in [9.17, 15) is 4.79 Å². The third-order valence-electron chi connectivity index (χ3n) is 4.30. The van der Waals surface area contributed by atoms with Crippen LogP contribution in [0.2, 0.25) is 0 Å². The van der Waals surface area contributed by atoms with Crippen LogP contribution in [0.3, 0.4) is 0 Å². The van der Waals surface area contributed by atoms with Gasteiger partial charge in [0, 0.05) is 6.42 Å². The fraction of sp³-hybridized carbons (Fsp3) is 0.588. The Hall–Kier alpha value is -1.55. The van der Waals surface area contributed by atoms with Crippen LogP contribution in [0.1, 0.15) is 31.7 Å². The van der Waals surface area contributed by atoms with E-state index < -0.39 is 5.97 Å². The molecule has 1 fully saturated rings. The van der Waals surface area contributed by atoms with Crippen LogP contribution in [0.25, 0.3) is 0 Å². The summed E-state index contributed by atoms with van der Waals surface area (Å²) in [5.74, 6) is 0.736. The number of ether oxygens (including phenoxy) is 1. The lowest BCUT2D eigenvalue weighted by Crippen LogP contribution is -2.36. The van der Waals surface area contributed by atoms with Crippen molar-refractivity contribution in [1.29, 1.82) is 0 Å². The molecule has 0 radical (unpaired) electrons. The molecule has 1 heterocycles. The maximum Gasteiger partial charge on any atom is 0.303 e. The average molecular weight is 291 g/mol. The Bertz CT molecular complexity index is 450. The van der Waals surface area contributed by atoms with Gasteiger partial charge in [-0.25, -0.2) is 0 Å². The third-order valence-corrected chi connectivity index (χ3v) is 4.30. The predicted octanol–water partition coefficient (Wildman–Crippen LogP) is 2.81. The fourth-order valence-corrected chi connectivity index (χ4v) is 2.79. The predicted molar refractivity (Wildman–Crippen MR) is 82.7 cm³/mol. The van der Waals surface area contributed by atoms with Gasteiger partial charge in [0.1, 0.15) is 5.75 Å². The first-order valence-corrected chi connectivity index (χ1v) is 7.70. The number of likely N-dealkylation sites (tertiary alicyclic amines) is 1. The van der Waals surface area contributed by atoms with Gasteiger partial charge in [0.15, 0.2) is 0 Å². The Morgan fingerprint density at radius 2 is 1.95 bits per heavy atom. The number of aryl methyl sites for hydroxylation is 1. The Morgan fingerprint density at radius 1 is 1.33 bits per heavy atom. The van der Waals surface area contributed by atoms with Gasteiger partial charge in [0.2, 0.25) is 0 Å². The van der Waals surface area contributed by atoms with E-state index in [0.29, 0.717) is 12.3 Å². The second-order valence-corrected chi connectivity index (χ2v) is 6.00. The van der Waals surface area contributed by atoms with E-state index in [-0.39, 0.29) is 12.5 Å². The number of rotatable bonds is 6. The van der Waals surface area contributed by atoms with Gasteiger partial charge in [-0.3, -0.25) is 4.79 Å². The van der Waals surface area contributed by atoms with Crippen molar-refractivity contribution in [2.75, 3.05) is 20.1 Å². The fourth-order valence-electron chi connectivity index (χ4n) is 2.79. The smallest absolute Gasteiger partial charge is 0.303 e. The van der Waals surface area contributed by atoms with Gasteiger partial charge in [-0.05, 0) is 69.9 Å². The summed E-state index contributed by atoms with van der Waals surface area (Å²) < 4.78 is 6.03. The highest BCUT2D eigenvalue weighted by Gasteiger charge is 2.23. The Labute approximate surface area is 126 Å². The lowest BCUT2D eigenvalue weighted by atomic mass is 9.92. The molecule has 1 N–H and O–H groups in total. The highest BCUT2D eigenvalue weighted by molar-refractivity contribution is 5.67. The van der Waals surface area contributed by atoms with Crippen LogP contribution in [0.5, 0.6) is 5.75 Å². The quantitative estimate of drug-likeness (QED) is 0.875. The van der Waals surface area contributed by atoms with E-state index in [2.05, 4.69) is 18.9 Å². The van der Waals surface area contributed by atoms with Crippen LogP contribution < -0.4 is 4.74 Å². The number of benzene rings is 1. The lowest BCUT2D eigenvalue weighted by molar-refractivity contribution is -0.136. The normalized spacial score (nSPS) is 18.4. The number of carbonyl (C=O) groups is 1. The molecule has 21 heavy (non-hydrogen) atoms. The minimum absolute atomic E-state index is 0.173. The molecule has 1 aliphatic heterocycles. The molecule has 4 nitrogen and oxygen atoms in total. The molecule has 1 atom stereocenters. The minimum Gasteiger partial charge on any atom is -0.490 e. The monoisotopic (exact) mass is 291 g/mol. The molecule has 1 aromatic rings. The standard InChI is InChI=1S/C17H25NO3/c1-13(15-9-11-18(2)12-10-15)21-16-6-3-14(4-7-16)5-8-17(19)20/h3-4,6-7,13,15H,5,8-12H2,1-2H3,(H,19,20). The van der Waals surface area contributed by atoms with E-state index in [1.165, 1.54) is 12.8 Å². The van der Waals surface area contributed by atoms with E-state index in [0.717, 1.165) is 24.4 Å². The van der Waals surface area contributed by atoms with Crippen molar-refractivity contribution in [3.8, 4) is 5.75 Å². The van der Waals surface area contributed by atoms with Crippen LogP contribution >= 0.6 is 0 Å². The van der Waals surface area contributed by atoms with Gasteiger partial charge in [0.05, 0.1) is 6.10 Å². The SMILES string of the molecule is CC(Oc1ccc(CCC(=O)O)cc1)C1CCN(C)CC1. The summed E-state index contributed by atoms with van der Waals surface area (Å²) in [6, 6.07) is 7.81. The summed E-state index contributed by atoms with van der Waals surface area (Å²) in [5, 5.41) is 8.68. The number of hydrogen-bond donors (Lipinski definition) is 1. The molecule has 116 valence electrons. The van der Waals surface area contributed by atoms with Crippen molar-refractivity contribution in [3.63, 3.8) is 0 Å². The van der Waals surface area contributed by atoms with Crippen LogP contribution in [0.4, 0.5) is 0 Å². The number of carboxylic acids is 1. The molecule has 4 heteroatoms. The van der Waals surface area contributed by atoms with Gasteiger partial charge >= 0.3 is 5.97 Å². The summed E-state index contributed by atoms with van der Waals surface area (Å²) in [5.41, 5.74) is 1.04. The van der Waals surface area contributed by atoms with Crippen LogP contribution in [-0.2, 0) is 11.2 Å². The highest BCUT2D eigenvalue weighted by atomic mass is 16.5. The van der Waals surface area contributed by atoms with Crippen molar-refractivity contribution in [3.05, 3.63) is 29.8 Å². The van der Waals surface area contributed by atoms with Crippen molar-refractivity contribution in [1.82, 2.24) is 4.90 Å². The second kappa shape index (κ2) is 7.46. The number of nitrogens with zero attached hydrogens (tertiary/aromatic N) is 1. The van der Waals surface area contributed by atoms with Crippen LogP contribution in [0.15, 0.2) is 24.3 Å². The first-order chi connectivity index (χ1) is 10.0. The Morgan fingerprint density at radius 3 is 2.52 bits per heavy atom. The molecular weight excluding hydrogens is 266 g/mol. The molecule has 0 bridgehead atoms. The summed E-state index contributed by atoms with van der Waals surface area (Å²) in [6.07, 6.45) is 3.35. The summed E-state index contributed by atoms with van der Waals surface area (Å²) >= 11 is 0. The van der Waals surface area contributed by atoms with E-state index in [4.69, 9.17) is 9.84 Å². The van der Waals surface area contributed by atoms with Crippen molar-refractivity contribution >= 4 is 5.97 Å². The zero-order chi connectivity index (χ0) is 15.2. The topological polar surface area (TPSA) is 49.8 Å². The minimum atomic E-state index is -0.758. The molecular formula is C17H25NO3. The van der Waals surface area contributed by atoms with E-state index in [1.807, 2.05) is 24.3 Å².